The predicted molar refractivity (Wildman–Crippen MR) is 159 cm³/mol. The van der Waals surface area contributed by atoms with Crippen molar-refractivity contribution in [1.82, 2.24) is 0 Å². The second kappa shape index (κ2) is 12.6. The summed E-state index contributed by atoms with van der Waals surface area (Å²) in [6, 6.07) is 31.6. The molecule has 1 unspecified atom stereocenters. The van der Waals surface area contributed by atoms with Crippen LogP contribution in [0.25, 0.3) is 0 Å². The maximum absolute atomic E-state index is 13.1. The highest BCUT2D eigenvalue weighted by Gasteiger charge is 2.18. The van der Waals surface area contributed by atoms with Gasteiger partial charge in [0.1, 0.15) is 0 Å². The van der Waals surface area contributed by atoms with Gasteiger partial charge < -0.3 is 0 Å². The molecule has 0 amide bonds. The standard InChI is InChI=1S/C31H32O2S4/c1-5-23(4)24-6-18-30(19-7-24)37(32,33)31-20-16-29(17-21-31)36-28-14-12-27(13-15-28)35-26-10-8-25(9-11-26)34-22(2)3/h6-23H,5H2,1-4H3. The highest BCUT2D eigenvalue weighted by Crippen LogP contribution is 2.34. The second-order valence-corrected chi connectivity index (χ2v) is 15.1. The molecule has 0 aliphatic rings. The molecule has 0 N–H and O–H groups in total. The van der Waals surface area contributed by atoms with Crippen LogP contribution in [-0.2, 0) is 9.84 Å². The van der Waals surface area contributed by atoms with E-state index >= 15 is 0 Å². The minimum atomic E-state index is -3.54. The zero-order valence-corrected chi connectivity index (χ0v) is 24.8. The summed E-state index contributed by atoms with van der Waals surface area (Å²) in [7, 11) is -3.54. The molecule has 0 aromatic heterocycles. The Bertz CT molecular complexity index is 1390. The molecule has 0 radical (unpaired) electrons. The van der Waals surface area contributed by atoms with E-state index in [1.165, 1.54) is 14.7 Å². The SMILES string of the molecule is CCC(C)c1ccc(S(=O)(=O)c2ccc(Sc3ccc(Sc4ccc(SC(C)C)cc4)cc3)cc2)cc1. The number of thioether (sulfide) groups is 1. The molecule has 37 heavy (non-hydrogen) atoms. The van der Waals surface area contributed by atoms with Crippen LogP contribution in [0.15, 0.2) is 131 Å². The summed E-state index contributed by atoms with van der Waals surface area (Å²) < 4.78 is 26.2. The van der Waals surface area contributed by atoms with E-state index in [4.69, 9.17) is 0 Å². The average molecular weight is 565 g/mol. The molecule has 4 aromatic carbocycles. The van der Waals surface area contributed by atoms with Crippen molar-refractivity contribution in [2.24, 2.45) is 0 Å². The molecule has 0 fully saturated rings. The molecule has 0 spiro atoms. The third-order valence-electron chi connectivity index (χ3n) is 6.00. The zero-order valence-electron chi connectivity index (χ0n) is 21.5. The van der Waals surface area contributed by atoms with Crippen LogP contribution in [0.4, 0.5) is 0 Å². The summed E-state index contributed by atoms with van der Waals surface area (Å²) in [6.07, 6.45) is 1.03. The van der Waals surface area contributed by atoms with Crippen LogP contribution in [0.3, 0.4) is 0 Å². The molecule has 0 aliphatic heterocycles. The molecule has 1 atom stereocenters. The van der Waals surface area contributed by atoms with Crippen molar-refractivity contribution in [1.29, 1.82) is 0 Å². The van der Waals surface area contributed by atoms with Crippen LogP contribution in [0.5, 0.6) is 0 Å². The first kappa shape index (κ1) is 27.9. The van der Waals surface area contributed by atoms with E-state index in [2.05, 4.69) is 76.2 Å². The first-order valence-electron chi connectivity index (χ1n) is 12.4. The number of sulfone groups is 1. The van der Waals surface area contributed by atoms with Gasteiger partial charge in [-0.05, 0) is 103 Å². The van der Waals surface area contributed by atoms with Crippen molar-refractivity contribution in [2.45, 2.75) is 79.6 Å². The van der Waals surface area contributed by atoms with Crippen LogP contribution in [0.1, 0.15) is 45.6 Å². The third-order valence-corrected chi connectivity index (χ3v) is 10.8. The van der Waals surface area contributed by atoms with Gasteiger partial charge >= 0.3 is 0 Å². The van der Waals surface area contributed by atoms with Crippen LogP contribution in [0.2, 0.25) is 0 Å². The van der Waals surface area contributed by atoms with E-state index in [1.807, 2.05) is 36.0 Å². The van der Waals surface area contributed by atoms with E-state index in [0.29, 0.717) is 21.0 Å². The number of hydrogen-bond donors (Lipinski definition) is 0. The average Bonchev–Trinajstić information content (AvgIpc) is 2.90. The number of rotatable bonds is 10. The van der Waals surface area contributed by atoms with Gasteiger partial charge in [-0.2, -0.15) is 0 Å². The highest BCUT2D eigenvalue weighted by molar-refractivity contribution is 8.00. The zero-order chi connectivity index (χ0) is 26.4. The predicted octanol–water partition coefficient (Wildman–Crippen LogP) is 9.84. The van der Waals surface area contributed by atoms with Crippen molar-refractivity contribution in [3.05, 3.63) is 103 Å². The van der Waals surface area contributed by atoms with E-state index in [1.54, 1.807) is 47.8 Å². The maximum atomic E-state index is 13.1. The molecule has 0 saturated heterocycles. The van der Waals surface area contributed by atoms with Crippen molar-refractivity contribution in [3.8, 4) is 0 Å². The van der Waals surface area contributed by atoms with E-state index < -0.39 is 9.84 Å². The molecule has 6 heteroatoms. The fraction of sp³-hybridized carbons (Fsp3) is 0.226. The Morgan fingerprint density at radius 2 is 0.919 bits per heavy atom. The quantitative estimate of drug-likeness (QED) is 0.179. The summed E-state index contributed by atoms with van der Waals surface area (Å²) >= 11 is 5.25. The lowest BCUT2D eigenvalue weighted by atomic mass is 9.99. The van der Waals surface area contributed by atoms with Gasteiger partial charge in [-0.3, -0.25) is 0 Å². The topological polar surface area (TPSA) is 34.1 Å². The molecule has 2 nitrogen and oxygen atoms in total. The van der Waals surface area contributed by atoms with Crippen molar-refractivity contribution in [3.63, 3.8) is 0 Å². The minimum absolute atomic E-state index is 0.317. The second-order valence-electron chi connectivity index (χ2n) is 9.17. The van der Waals surface area contributed by atoms with Gasteiger partial charge in [0.2, 0.25) is 9.84 Å². The Morgan fingerprint density at radius 1 is 0.568 bits per heavy atom. The van der Waals surface area contributed by atoms with Gasteiger partial charge in [-0.25, -0.2) is 8.42 Å². The smallest absolute Gasteiger partial charge is 0.206 e. The fourth-order valence-corrected chi connectivity index (χ4v) is 7.47. The summed E-state index contributed by atoms with van der Waals surface area (Å²) in [5, 5.41) is 0.580. The molecule has 0 aliphatic carbocycles. The first-order chi connectivity index (χ1) is 17.7. The van der Waals surface area contributed by atoms with Crippen molar-refractivity contribution < 1.29 is 8.42 Å². The van der Waals surface area contributed by atoms with Gasteiger partial charge in [-0.15, -0.1) is 11.8 Å². The molecule has 0 bridgehead atoms. The van der Waals surface area contributed by atoms with Crippen molar-refractivity contribution in [2.75, 3.05) is 0 Å². The largest absolute Gasteiger partial charge is 0.219 e. The molecule has 4 aromatic rings. The monoisotopic (exact) mass is 564 g/mol. The van der Waals surface area contributed by atoms with Crippen molar-refractivity contribution >= 4 is 45.1 Å². The Hall–Kier alpha value is -2.12. The van der Waals surface area contributed by atoms with Gasteiger partial charge in [-0.1, -0.05) is 63.4 Å². The van der Waals surface area contributed by atoms with E-state index in [9.17, 15) is 8.42 Å². The summed E-state index contributed by atoms with van der Waals surface area (Å²) in [5.41, 5.74) is 1.16. The summed E-state index contributed by atoms with van der Waals surface area (Å²) in [6.45, 7) is 8.69. The van der Waals surface area contributed by atoms with Crippen LogP contribution in [-0.4, -0.2) is 13.7 Å². The molecular weight excluding hydrogens is 533 g/mol. The molecule has 0 saturated carbocycles. The summed E-state index contributed by atoms with van der Waals surface area (Å²) in [4.78, 5) is 6.48. The van der Waals surface area contributed by atoms with Gasteiger partial charge in [0.15, 0.2) is 0 Å². The first-order valence-corrected chi connectivity index (χ1v) is 16.4. The van der Waals surface area contributed by atoms with Gasteiger partial charge in [0.05, 0.1) is 9.79 Å². The lowest BCUT2D eigenvalue weighted by Crippen LogP contribution is -2.02. The molecule has 0 heterocycles. The van der Waals surface area contributed by atoms with Gasteiger partial charge in [0.25, 0.3) is 0 Å². The number of benzene rings is 4. The maximum Gasteiger partial charge on any atom is 0.206 e. The Labute approximate surface area is 234 Å². The Kier molecular flexibility index (Phi) is 9.51. The highest BCUT2D eigenvalue weighted by atomic mass is 32.2. The van der Waals surface area contributed by atoms with Crippen LogP contribution >= 0.6 is 35.3 Å². The fourth-order valence-electron chi connectivity index (χ4n) is 3.74. The molecular formula is C31H32O2S4. The lowest BCUT2D eigenvalue weighted by molar-refractivity contribution is 0.596. The normalized spacial score (nSPS) is 12.6. The summed E-state index contributed by atoms with van der Waals surface area (Å²) in [5.74, 6) is 0.418. The number of hydrogen-bond acceptors (Lipinski definition) is 5. The Balaban J connectivity index is 1.38. The van der Waals surface area contributed by atoms with Gasteiger partial charge in [0, 0.05) is 29.7 Å². The minimum Gasteiger partial charge on any atom is -0.219 e. The molecule has 4 rings (SSSR count). The van der Waals surface area contributed by atoms with E-state index in [0.717, 1.165) is 21.8 Å². The lowest BCUT2D eigenvalue weighted by Gasteiger charge is -2.11. The van der Waals surface area contributed by atoms with Crippen LogP contribution in [0, 0.1) is 0 Å². The molecule has 192 valence electrons. The van der Waals surface area contributed by atoms with Crippen LogP contribution < -0.4 is 0 Å². The van der Waals surface area contributed by atoms with E-state index in [-0.39, 0.29) is 0 Å². The Morgan fingerprint density at radius 3 is 1.30 bits per heavy atom. The third kappa shape index (κ3) is 7.47.